The topological polar surface area (TPSA) is 91.1 Å². The number of aromatic amines is 1. The van der Waals surface area contributed by atoms with Gasteiger partial charge in [0.05, 0.1) is 0 Å². The molecule has 112 valence electrons. The third-order valence-electron chi connectivity index (χ3n) is 4.11. The van der Waals surface area contributed by atoms with E-state index in [0.29, 0.717) is 10.7 Å². The lowest BCUT2D eigenvalue weighted by Crippen LogP contribution is -2.44. The number of fused-ring (bicyclic) bond motifs is 1. The molecular formula is C15H18ClN3O2. The first-order valence-corrected chi connectivity index (χ1v) is 7.40. The maximum atomic E-state index is 12.3. The van der Waals surface area contributed by atoms with Crippen LogP contribution in [0.15, 0.2) is 24.3 Å². The number of aromatic nitrogens is 1. The van der Waals surface area contributed by atoms with Crippen molar-refractivity contribution in [3.8, 4) is 0 Å². The Morgan fingerprint density at radius 3 is 2.95 bits per heavy atom. The number of H-pyrrole nitrogens is 1. The Kier molecular flexibility index (Phi) is 3.89. The summed E-state index contributed by atoms with van der Waals surface area (Å²) < 4.78 is 0. The van der Waals surface area contributed by atoms with Crippen LogP contribution < -0.4 is 11.1 Å². The molecule has 2 aromatic rings. The lowest BCUT2D eigenvalue weighted by atomic mass is 10.1. The van der Waals surface area contributed by atoms with E-state index >= 15 is 0 Å². The number of carbonyl (C=O) groups is 1. The van der Waals surface area contributed by atoms with E-state index in [2.05, 4.69) is 10.3 Å². The van der Waals surface area contributed by atoms with Crippen molar-refractivity contribution in [3.05, 3.63) is 35.0 Å². The number of benzene rings is 1. The fourth-order valence-corrected chi connectivity index (χ4v) is 3.15. The predicted octanol–water partition coefficient (Wildman–Crippen LogP) is 1.65. The van der Waals surface area contributed by atoms with Gasteiger partial charge in [0.25, 0.3) is 5.91 Å². The molecule has 5 N–H and O–H groups in total. The molecule has 1 aromatic heterocycles. The number of hydrogen-bond donors (Lipinski definition) is 4. The number of amides is 1. The largest absolute Gasteiger partial charge is 0.396 e. The lowest BCUT2D eigenvalue weighted by molar-refractivity contribution is 0.0928. The molecule has 1 amide bonds. The van der Waals surface area contributed by atoms with E-state index in [9.17, 15) is 9.90 Å². The summed E-state index contributed by atoms with van der Waals surface area (Å²) in [6.07, 6.45) is 1.46. The monoisotopic (exact) mass is 307 g/mol. The number of aliphatic hydroxyl groups excluding tert-OH is 1. The molecule has 0 radical (unpaired) electrons. The molecule has 0 spiro atoms. The van der Waals surface area contributed by atoms with Crippen molar-refractivity contribution in [1.29, 1.82) is 0 Å². The molecule has 1 aliphatic carbocycles. The highest BCUT2D eigenvalue weighted by atomic mass is 35.5. The van der Waals surface area contributed by atoms with E-state index < -0.39 is 0 Å². The number of nitrogens with one attached hydrogen (secondary N) is 2. The van der Waals surface area contributed by atoms with Crippen LogP contribution in [0.1, 0.15) is 23.3 Å². The van der Waals surface area contributed by atoms with E-state index in [0.717, 1.165) is 23.7 Å². The van der Waals surface area contributed by atoms with E-state index in [1.807, 2.05) is 12.1 Å². The summed E-state index contributed by atoms with van der Waals surface area (Å²) in [6, 6.07) is 7.01. The average Bonchev–Trinajstić information content (AvgIpc) is 3.02. The van der Waals surface area contributed by atoms with E-state index in [-0.39, 0.29) is 30.5 Å². The van der Waals surface area contributed by atoms with Gasteiger partial charge in [0, 0.05) is 34.6 Å². The molecule has 1 unspecified atom stereocenters. The number of halogens is 1. The van der Waals surface area contributed by atoms with Crippen LogP contribution in [-0.4, -0.2) is 34.7 Å². The van der Waals surface area contributed by atoms with Gasteiger partial charge in [0.15, 0.2) is 0 Å². The molecule has 1 aromatic carbocycles. The Labute approximate surface area is 127 Å². The maximum Gasteiger partial charge on any atom is 0.268 e. The molecular weight excluding hydrogens is 290 g/mol. The number of carbonyl (C=O) groups excluding carboxylic acids is 1. The van der Waals surface area contributed by atoms with Crippen molar-refractivity contribution in [2.45, 2.75) is 24.9 Å². The maximum absolute atomic E-state index is 12.3. The van der Waals surface area contributed by atoms with Gasteiger partial charge >= 0.3 is 0 Å². The van der Waals surface area contributed by atoms with Crippen LogP contribution >= 0.6 is 11.6 Å². The van der Waals surface area contributed by atoms with Crippen LogP contribution in [0.4, 0.5) is 0 Å². The second-order valence-corrected chi connectivity index (χ2v) is 6.11. The molecule has 3 atom stereocenters. The van der Waals surface area contributed by atoms with Gasteiger partial charge in [-0.25, -0.2) is 0 Å². The molecule has 0 aliphatic heterocycles. The molecule has 1 aliphatic rings. The zero-order chi connectivity index (χ0) is 15.0. The molecule has 5 nitrogen and oxygen atoms in total. The van der Waals surface area contributed by atoms with Crippen molar-refractivity contribution < 1.29 is 9.90 Å². The highest BCUT2D eigenvalue weighted by Crippen LogP contribution is 2.25. The second kappa shape index (κ2) is 5.67. The highest BCUT2D eigenvalue weighted by molar-refractivity contribution is 6.31. The fourth-order valence-electron chi connectivity index (χ4n) is 2.97. The third-order valence-corrected chi connectivity index (χ3v) is 4.35. The summed E-state index contributed by atoms with van der Waals surface area (Å²) in [5.41, 5.74) is 7.37. The van der Waals surface area contributed by atoms with Gasteiger partial charge in [-0.3, -0.25) is 4.79 Å². The Balaban J connectivity index is 1.75. The smallest absolute Gasteiger partial charge is 0.268 e. The van der Waals surface area contributed by atoms with Gasteiger partial charge in [0.1, 0.15) is 5.69 Å². The zero-order valence-electron chi connectivity index (χ0n) is 11.5. The quantitative estimate of drug-likeness (QED) is 0.695. The van der Waals surface area contributed by atoms with Crippen LogP contribution in [-0.2, 0) is 0 Å². The van der Waals surface area contributed by atoms with Crippen LogP contribution in [0, 0.1) is 5.92 Å². The van der Waals surface area contributed by atoms with Gasteiger partial charge in [-0.1, -0.05) is 11.6 Å². The van der Waals surface area contributed by atoms with Crippen molar-refractivity contribution in [3.63, 3.8) is 0 Å². The van der Waals surface area contributed by atoms with Gasteiger partial charge in [-0.2, -0.15) is 0 Å². The third kappa shape index (κ3) is 2.90. The minimum Gasteiger partial charge on any atom is -0.396 e. The standard InChI is InChI=1S/C15H18ClN3O2/c16-10-1-2-12-9(5-10)6-14(18-12)15(21)19-13-4-8(7-20)3-11(13)17/h1-2,5-6,8,11,13,18,20H,3-4,7,17H2,(H,19,21)/t8?,11-,13-/m1/s1. The van der Waals surface area contributed by atoms with Crippen LogP contribution in [0.2, 0.25) is 5.02 Å². The zero-order valence-corrected chi connectivity index (χ0v) is 12.2. The molecule has 0 bridgehead atoms. The normalized spacial score (nSPS) is 25.4. The minimum atomic E-state index is -0.179. The summed E-state index contributed by atoms with van der Waals surface area (Å²) in [4.78, 5) is 15.4. The van der Waals surface area contributed by atoms with Gasteiger partial charge in [-0.15, -0.1) is 0 Å². The minimum absolute atomic E-state index is 0.0929. The first kappa shape index (κ1) is 14.4. The van der Waals surface area contributed by atoms with Crippen molar-refractivity contribution in [2.75, 3.05) is 6.61 Å². The van der Waals surface area contributed by atoms with Crippen molar-refractivity contribution >= 4 is 28.4 Å². The van der Waals surface area contributed by atoms with E-state index in [4.69, 9.17) is 17.3 Å². The molecule has 21 heavy (non-hydrogen) atoms. The van der Waals surface area contributed by atoms with E-state index in [1.165, 1.54) is 0 Å². The van der Waals surface area contributed by atoms with Crippen LogP contribution in [0.3, 0.4) is 0 Å². The average molecular weight is 308 g/mol. The van der Waals surface area contributed by atoms with Gasteiger partial charge in [-0.05, 0) is 43.0 Å². The Bertz CT molecular complexity index is 670. The lowest BCUT2D eigenvalue weighted by Gasteiger charge is -2.16. The summed E-state index contributed by atoms with van der Waals surface area (Å²) in [5.74, 6) is -0.00631. The Morgan fingerprint density at radius 2 is 2.24 bits per heavy atom. The summed E-state index contributed by atoms with van der Waals surface area (Å²) in [7, 11) is 0. The van der Waals surface area contributed by atoms with Crippen LogP contribution in [0.5, 0.6) is 0 Å². The molecule has 0 saturated heterocycles. The fraction of sp³-hybridized carbons (Fsp3) is 0.400. The molecule has 3 rings (SSSR count). The molecule has 1 saturated carbocycles. The second-order valence-electron chi connectivity index (χ2n) is 5.68. The molecule has 1 heterocycles. The highest BCUT2D eigenvalue weighted by Gasteiger charge is 2.32. The van der Waals surface area contributed by atoms with Crippen molar-refractivity contribution in [2.24, 2.45) is 11.7 Å². The van der Waals surface area contributed by atoms with Crippen molar-refractivity contribution in [1.82, 2.24) is 10.3 Å². The first-order chi connectivity index (χ1) is 10.1. The Hall–Kier alpha value is -1.56. The van der Waals surface area contributed by atoms with Crippen LogP contribution in [0.25, 0.3) is 10.9 Å². The van der Waals surface area contributed by atoms with E-state index in [1.54, 1.807) is 12.1 Å². The molecule has 1 fully saturated rings. The van der Waals surface area contributed by atoms with Gasteiger partial charge < -0.3 is 21.1 Å². The number of nitrogens with two attached hydrogens (primary N) is 1. The number of hydrogen-bond acceptors (Lipinski definition) is 3. The Morgan fingerprint density at radius 1 is 1.43 bits per heavy atom. The summed E-state index contributed by atoms with van der Waals surface area (Å²) in [5, 5.41) is 13.7. The summed E-state index contributed by atoms with van der Waals surface area (Å²) >= 11 is 5.94. The summed E-state index contributed by atoms with van der Waals surface area (Å²) in [6.45, 7) is 0.116. The predicted molar refractivity (Wildman–Crippen MR) is 82.3 cm³/mol. The number of aliphatic hydroxyl groups is 1. The first-order valence-electron chi connectivity index (χ1n) is 7.02. The molecule has 6 heteroatoms. The number of rotatable bonds is 3. The van der Waals surface area contributed by atoms with Gasteiger partial charge in [0.2, 0.25) is 0 Å². The SMILES string of the molecule is N[C@@H]1CC(CO)C[C@H]1NC(=O)c1cc2cc(Cl)ccc2[nH]1.